The Bertz CT molecular complexity index is 6090. The Hall–Kier alpha value is -14.2. The van der Waals surface area contributed by atoms with E-state index in [-0.39, 0.29) is 45.1 Å². The van der Waals surface area contributed by atoms with Crippen LogP contribution in [0.25, 0.3) is 49.8 Å². The van der Waals surface area contributed by atoms with Crippen LogP contribution in [0.4, 0.5) is 69.7 Å². The van der Waals surface area contributed by atoms with Gasteiger partial charge in [-0.25, -0.2) is 19.6 Å². The third-order valence-corrected chi connectivity index (χ3v) is 19.5. The molecule has 19 nitrogen and oxygen atoms in total. The van der Waals surface area contributed by atoms with Crippen LogP contribution in [0.15, 0.2) is 218 Å². The zero-order valence-corrected chi connectivity index (χ0v) is 64.1. The molecule has 606 valence electrons. The predicted molar refractivity (Wildman–Crippen MR) is 424 cm³/mol. The minimum absolute atomic E-state index is 0.0652. The summed E-state index contributed by atoms with van der Waals surface area (Å²) in [6, 6.07) is 64.4. The molecule has 8 aromatic carbocycles. The first-order valence-corrected chi connectivity index (χ1v) is 36.7. The number of nitriles is 4. The Labute approximate surface area is 677 Å². The van der Waals surface area contributed by atoms with Gasteiger partial charge in [0.05, 0.1) is 65.2 Å². The van der Waals surface area contributed by atoms with Crippen LogP contribution in [0.2, 0.25) is 5.02 Å². The molecule has 7 heterocycles. The fraction of sp³-hybridized carbons (Fsp3) is 0.195. The lowest BCUT2D eigenvalue weighted by atomic mass is 9.71. The summed E-state index contributed by atoms with van der Waals surface area (Å²) in [7, 11) is 5.95. The number of fused-ring (bicyclic) bond motifs is 4. The van der Waals surface area contributed by atoms with Crippen molar-refractivity contribution >= 4 is 67.2 Å². The molecular formula is C87H67ClF12N14O5. The number of halogens is 13. The number of aromatic nitrogens is 6. The average molecular weight is 1650 g/mol. The van der Waals surface area contributed by atoms with Gasteiger partial charge in [-0.05, 0) is 171 Å². The van der Waals surface area contributed by atoms with E-state index in [4.69, 9.17) is 41.0 Å². The highest BCUT2D eigenvalue weighted by Crippen LogP contribution is 2.53. The number of anilines is 3. The Morgan fingerprint density at radius 2 is 0.983 bits per heavy atom. The molecule has 5 aromatic heterocycles. The van der Waals surface area contributed by atoms with E-state index in [1.54, 1.807) is 140 Å². The van der Waals surface area contributed by atoms with Crippen molar-refractivity contribution in [3.8, 4) is 81.5 Å². The molecule has 15 rings (SSSR count). The van der Waals surface area contributed by atoms with Gasteiger partial charge in [-0.2, -0.15) is 78.8 Å². The van der Waals surface area contributed by atoms with Crippen molar-refractivity contribution < 1.29 is 76.4 Å². The maximum absolute atomic E-state index is 14.6. The number of hydrogen-bond acceptors (Lipinski definition) is 17. The molecule has 1 fully saturated rings. The highest BCUT2D eigenvalue weighted by molar-refractivity contribution is 6.30. The molecule has 1 atom stereocenters. The van der Waals surface area contributed by atoms with Crippen LogP contribution < -0.4 is 45.0 Å². The summed E-state index contributed by atoms with van der Waals surface area (Å²) in [5.41, 5.74) is 0.855. The summed E-state index contributed by atoms with van der Waals surface area (Å²) in [6.07, 6.45) is -14.7. The highest BCUT2D eigenvalue weighted by atomic mass is 35.5. The Kier molecular flexibility index (Phi) is 25.1. The van der Waals surface area contributed by atoms with E-state index in [0.717, 1.165) is 24.8 Å². The van der Waals surface area contributed by atoms with Gasteiger partial charge in [0, 0.05) is 84.5 Å². The molecule has 1 saturated heterocycles. The number of alkyl halides is 12. The van der Waals surface area contributed by atoms with E-state index >= 15 is 0 Å². The largest absolute Gasteiger partial charge is 0.493 e. The fourth-order valence-corrected chi connectivity index (χ4v) is 14.0. The Balaban J connectivity index is 0.000000146. The first-order chi connectivity index (χ1) is 56.9. The van der Waals surface area contributed by atoms with Crippen LogP contribution in [0, 0.1) is 45.3 Å². The summed E-state index contributed by atoms with van der Waals surface area (Å²) in [5, 5.41) is 50.1. The van der Waals surface area contributed by atoms with Crippen LogP contribution in [-0.2, 0) is 43.8 Å². The summed E-state index contributed by atoms with van der Waals surface area (Å²) < 4.78 is 196. The number of ether oxygens (including phenoxy) is 5. The van der Waals surface area contributed by atoms with Crippen molar-refractivity contribution in [2.45, 2.75) is 62.2 Å². The molecule has 2 aliphatic heterocycles. The molecule has 4 N–H and O–H groups in total. The number of aryl methyl sites for hydroxylation is 1. The average Bonchev–Trinajstić information content (AvgIpc) is 1.63. The van der Waals surface area contributed by atoms with Gasteiger partial charge >= 0.3 is 24.7 Å². The molecule has 0 spiro atoms. The number of hydrogen-bond donors (Lipinski definition) is 3. The molecule has 0 amide bonds. The first kappa shape index (κ1) is 84.2. The lowest BCUT2D eigenvalue weighted by molar-refractivity contribution is -0.180. The molecule has 0 bridgehead atoms. The molecule has 32 heteroatoms. The van der Waals surface area contributed by atoms with Crippen LogP contribution in [0.3, 0.4) is 0 Å². The maximum atomic E-state index is 14.6. The SMILES string of the molecule is CNc1c(C#N)c(C(F)(F)F)nc2ccc(Oc3ccccc3)cc12.COc1ccc(-c2cc3n(n2)C(N)=C(C#N)C(c2cccn2C)(C(F)(F)F)C3)cc1OC.N#Cc1c(C(F)(F)F)nc2ccc(Oc3ccccc3)cc2c1N1CCCCC1.N#Cc1c(C(F)(F)F)nc2ccc(Oc3ccccc3)cc2c1NCCc1ccc(Cl)cc1. The Morgan fingerprint density at radius 3 is 1.43 bits per heavy atom. The summed E-state index contributed by atoms with van der Waals surface area (Å²) in [4.78, 5) is 13.0. The number of nitrogens with zero attached hydrogens (tertiary/aromatic N) is 11. The van der Waals surface area contributed by atoms with Crippen molar-refractivity contribution in [1.29, 1.82) is 21.0 Å². The molecule has 0 saturated carbocycles. The molecular weight excluding hydrogens is 1580 g/mol. The molecule has 0 aliphatic carbocycles. The quantitative estimate of drug-likeness (QED) is 0.0760. The minimum atomic E-state index is -4.77. The van der Waals surface area contributed by atoms with Gasteiger partial charge in [0.25, 0.3) is 0 Å². The van der Waals surface area contributed by atoms with Gasteiger partial charge in [-0.15, -0.1) is 0 Å². The third-order valence-electron chi connectivity index (χ3n) is 19.3. The van der Waals surface area contributed by atoms with E-state index in [9.17, 15) is 73.7 Å². The summed E-state index contributed by atoms with van der Waals surface area (Å²) in [5.74, 6) is 3.72. The Morgan fingerprint density at radius 1 is 0.513 bits per heavy atom. The van der Waals surface area contributed by atoms with Crippen molar-refractivity contribution in [1.82, 2.24) is 29.3 Å². The second-order valence-electron chi connectivity index (χ2n) is 26.8. The maximum Gasteiger partial charge on any atom is 0.434 e. The summed E-state index contributed by atoms with van der Waals surface area (Å²) >= 11 is 5.90. The van der Waals surface area contributed by atoms with Gasteiger partial charge < -0.3 is 49.5 Å². The number of benzene rings is 8. The van der Waals surface area contributed by atoms with Crippen LogP contribution in [0.5, 0.6) is 46.0 Å². The molecule has 0 radical (unpaired) electrons. The first-order valence-electron chi connectivity index (χ1n) is 36.3. The molecule has 13 aromatic rings. The minimum Gasteiger partial charge on any atom is -0.493 e. The summed E-state index contributed by atoms with van der Waals surface area (Å²) in [6.45, 7) is 1.51. The van der Waals surface area contributed by atoms with Gasteiger partial charge in [0.15, 0.2) is 28.6 Å². The number of nitrogens with two attached hydrogens (primary N) is 1. The number of allylic oxidation sites excluding steroid dienone is 1. The number of pyridine rings is 3. The number of para-hydroxylation sites is 3. The number of piperidine rings is 1. The predicted octanol–water partition coefficient (Wildman–Crippen LogP) is 21.7. The zero-order chi connectivity index (χ0) is 85.1. The van der Waals surface area contributed by atoms with Crippen molar-refractivity contribution in [3.63, 3.8) is 0 Å². The van der Waals surface area contributed by atoms with Crippen molar-refractivity contribution in [2.75, 3.05) is 56.4 Å². The second-order valence-corrected chi connectivity index (χ2v) is 27.2. The van der Waals surface area contributed by atoms with E-state index in [1.165, 1.54) is 80.2 Å². The number of nitrogens with one attached hydrogen (secondary N) is 2. The lowest BCUT2D eigenvalue weighted by Crippen LogP contribution is -2.50. The van der Waals surface area contributed by atoms with E-state index in [0.29, 0.717) is 110 Å². The van der Waals surface area contributed by atoms with Gasteiger partial charge in [-0.3, -0.25) is 0 Å². The van der Waals surface area contributed by atoms with Crippen LogP contribution >= 0.6 is 11.6 Å². The molecule has 2 aliphatic rings. The highest BCUT2D eigenvalue weighted by Gasteiger charge is 2.63. The fourth-order valence-electron chi connectivity index (χ4n) is 13.8. The van der Waals surface area contributed by atoms with Gasteiger partial charge in [-0.1, -0.05) is 78.3 Å². The normalized spacial score (nSPS) is 13.9. The monoisotopic (exact) mass is 1650 g/mol. The van der Waals surface area contributed by atoms with E-state index in [1.807, 2.05) is 59.5 Å². The smallest absolute Gasteiger partial charge is 0.434 e. The second kappa shape index (κ2) is 35.5. The van der Waals surface area contributed by atoms with Crippen molar-refractivity contribution in [3.05, 3.63) is 274 Å². The van der Waals surface area contributed by atoms with Crippen LogP contribution in [-0.4, -0.2) is 76.4 Å². The molecule has 1 unspecified atom stereocenters. The van der Waals surface area contributed by atoms with E-state index < -0.39 is 75.9 Å². The zero-order valence-electron chi connectivity index (χ0n) is 63.3. The van der Waals surface area contributed by atoms with Gasteiger partial charge in [0.1, 0.15) is 80.6 Å². The lowest BCUT2D eigenvalue weighted by Gasteiger charge is -2.39. The topological polar surface area (TPSA) is 256 Å². The third kappa shape index (κ3) is 18.4. The van der Waals surface area contributed by atoms with E-state index in [2.05, 4.69) is 30.7 Å². The number of rotatable bonds is 16. The van der Waals surface area contributed by atoms with Gasteiger partial charge in [0.2, 0.25) is 0 Å². The molecule has 119 heavy (non-hydrogen) atoms. The van der Waals surface area contributed by atoms with Crippen LogP contribution in [0.1, 0.15) is 70.0 Å². The van der Waals surface area contributed by atoms with Crippen molar-refractivity contribution in [2.24, 2.45) is 12.8 Å². The number of methoxy groups -OCH3 is 2. The standard InChI is InChI=1S/C25H17ClF3N3O.C22H20F3N5O2.C22H18F3N3O.C18H12F3N3O/c26-17-8-6-16(7-9-17)12-13-31-23-20-14-19(33-18-4-2-1-3-5-18)10-11-22(20)32-24(21(23)15-30)25(27,28)29;1-29-8-4-5-19(29)21(22(23,24)25)11-14-10-16(28-30(14)20(27)15(21)12-26)13-6-7-17(31-2)18(9-13)32-3;23-22(24,25)21-18(14-26)20(28-11-5-2-6-12-28)17-13-16(9-10-19(17)27-21)29-15-7-3-1-4-8-15;1-23-16-13-9-12(25-11-5-3-2-4-6-11)7-8-15(13)24-17(14(16)10-22)18(19,20)21/h1-11,14H,12-13H2,(H,31,32);4-10H,11,27H2,1-3H3;1,3-4,7-10,13H,2,5-6,11-12H2;2-9H,1H3,(H,23,24).